The molecule has 0 saturated heterocycles. The largest absolute Gasteiger partial charge is 0.494 e. The van der Waals surface area contributed by atoms with Gasteiger partial charge in [0.1, 0.15) is 17.6 Å². The Morgan fingerprint density at radius 2 is 2.03 bits per heavy atom. The molecule has 2 N–H and O–H groups in total. The first-order chi connectivity index (χ1) is 16.7. The molecule has 0 atom stereocenters. The molecule has 34 heavy (non-hydrogen) atoms. The molecule has 0 radical (unpaired) electrons. The monoisotopic (exact) mass is 454 g/mol. The summed E-state index contributed by atoms with van der Waals surface area (Å²) in [5.41, 5.74) is 4.23. The molecule has 0 spiro atoms. The van der Waals surface area contributed by atoms with Gasteiger partial charge in [0, 0.05) is 23.2 Å². The van der Waals surface area contributed by atoms with Crippen molar-refractivity contribution in [3.8, 4) is 23.1 Å². The third-order valence-corrected chi connectivity index (χ3v) is 6.26. The van der Waals surface area contributed by atoms with E-state index in [2.05, 4.69) is 21.3 Å². The molecular formula is C27H26N4O3. The van der Waals surface area contributed by atoms with Crippen molar-refractivity contribution in [2.24, 2.45) is 0 Å². The second-order valence-corrected chi connectivity index (χ2v) is 8.37. The summed E-state index contributed by atoms with van der Waals surface area (Å²) in [7, 11) is 0. The Morgan fingerprint density at radius 3 is 2.68 bits per heavy atom. The molecule has 2 aromatic carbocycles. The van der Waals surface area contributed by atoms with Gasteiger partial charge in [0.2, 0.25) is 0 Å². The number of furan rings is 1. The van der Waals surface area contributed by atoms with Gasteiger partial charge in [-0.05, 0) is 68.1 Å². The molecule has 5 rings (SSSR count). The van der Waals surface area contributed by atoms with Crippen molar-refractivity contribution in [2.45, 2.75) is 38.8 Å². The van der Waals surface area contributed by atoms with Crippen LogP contribution in [0.25, 0.3) is 22.2 Å². The molecule has 2 amide bonds. The number of hydrogen-bond acceptors (Lipinski definition) is 4. The van der Waals surface area contributed by atoms with Gasteiger partial charge >= 0.3 is 6.03 Å². The molecule has 0 aliphatic heterocycles. The van der Waals surface area contributed by atoms with Crippen LogP contribution in [-0.2, 0) is 6.54 Å². The van der Waals surface area contributed by atoms with Gasteiger partial charge in [-0.25, -0.2) is 4.79 Å². The SMILES string of the molecule is CCOc1ccc2c(C#N)c(-c3ccc(NC(=O)NCc4ccco4)cc3)n(C3CCC3)c2c1. The van der Waals surface area contributed by atoms with Gasteiger partial charge in [-0.3, -0.25) is 0 Å². The number of hydrogen-bond donors (Lipinski definition) is 2. The van der Waals surface area contributed by atoms with Crippen LogP contribution in [0.2, 0.25) is 0 Å². The number of benzene rings is 2. The van der Waals surface area contributed by atoms with E-state index in [1.807, 2.05) is 49.4 Å². The third kappa shape index (κ3) is 4.11. The number of nitrogens with one attached hydrogen (secondary N) is 2. The summed E-state index contributed by atoms with van der Waals surface area (Å²) < 4.78 is 13.3. The van der Waals surface area contributed by atoms with Crippen LogP contribution in [0.5, 0.6) is 5.75 Å². The van der Waals surface area contributed by atoms with Gasteiger partial charge in [-0.2, -0.15) is 5.26 Å². The van der Waals surface area contributed by atoms with Crippen molar-refractivity contribution in [3.63, 3.8) is 0 Å². The first-order valence-electron chi connectivity index (χ1n) is 11.6. The molecule has 1 saturated carbocycles. The summed E-state index contributed by atoms with van der Waals surface area (Å²) in [4.78, 5) is 12.2. The first-order valence-corrected chi connectivity index (χ1v) is 11.6. The minimum absolute atomic E-state index is 0.311. The topological polar surface area (TPSA) is 92.2 Å². The highest BCUT2D eigenvalue weighted by atomic mass is 16.5. The van der Waals surface area contributed by atoms with Crippen LogP contribution in [0, 0.1) is 11.3 Å². The Morgan fingerprint density at radius 1 is 1.21 bits per heavy atom. The van der Waals surface area contributed by atoms with Crippen LogP contribution < -0.4 is 15.4 Å². The molecule has 1 aliphatic rings. The molecule has 7 nitrogen and oxygen atoms in total. The Kier molecular flexibility index (Phi) is 5.96. The van der Waals surface area contributed by atoms with E-state index >= 15 is 0 Å². The van der Waals surface area contributed by atoms with Gasteiger partial charge in [0.15, 0.2) is 0 Å². The minimum atomic E-state index is -0.311. The normalized spacial score (nSPS) is 13.3. The summed E-state index contributed by atoms with van der Waals surface area (Å²) in [5.74, 6) is 1.50. The molecule has 4 aromatic rings. The van der Waals surface area contributed by atoms with Crippen molar-refractivity contribution >= 4 is 22.6 Å². The summed E-state index contributed by atoms with van der Waals surface area (Å²) in [6.07, 6.45) is 4.95. The maximum Gasteiger partial charge on any atom is 0.319 e. The summed E-state index contributed by atoms with van der Waals surface area (Å²) in [5, 5.41) is 16.6. The Balaban J connectivity index is 1.45. The predicted molar refractivity (Wildman–Crippen MR) is 131 cm³/mol. The van der Waals surface area contributed by atoms with Crippen molar-refractivity contribution in [2.75, 3.05) is 11.9 Å². The Hall–Kier alpha value is -4.18. The van der Waals surface area contributed by atoms with E-state index in [9.17, 15) is 10.1 Å². The number of anilines is 1. The number of rotatable bonds is 7. The fourth-order valence-corrected chi connectivity index (χ4v) is 4.44. The summed E-state index contributed by atoms with van der Waals surface area (Å²) in [6, 6.07) is 19.7. The van der Waals surface area contributed by atoms with Crippen molar-refractivity contribution in [1.82, 2.24) is 9.88 Å². The highest BCUT2D eigenvalue weighted by Crippen LogP contribution is 2.43. The lowest BCUT2D eigenvalue weighted by molar-refractivity contribution is 0.251. The van der Waals surface area contributed by atoms with E-state index in [-0.39, 0.29) is 6.03 Å². The summed E-state index contributed by atoms with van der Waals surface area (Å²) in [6.45, 7) is 2.87. The van der Waals surface area contributed by atoms with Crippen LogP contribution in [0.1, 0.15) is 43.6 Å². The van der Waals surface area contributed by atoms with Crippen LogP contribution in [0.3, 0.4) is 0 Å². The maximum atomic E-state index is 12.2. The van der Waals surface area contributed by atoms with Gasteiger partial charge in [0.25, 0.3) is 0 Å². The minimum Gasteiger partial charge on any atom is -0.494 e. The molecule has 172 valence electrons. The molecular weight excluding hydrogens is 428 g/mol. The maximum absolute atomic E-state index is 12.2. The Labute approximate surface area is 197 Å². The third-order valence-electron chi connectivity index (χ3n) is 6.26. The van der Waals surface area contributed by atoms with Crippen LogP contribution in [0.15, 0.2) is 65.3 Å². The van der Waals surface area contributed by atoms with Gasteiger partial charge < -0.3 is 24.4 Å². The van der Waals surface area contributed by atoms with E-state index in [0.717, 1.165) is 40.8 Å². The number of aromatic nitrogens is 1. The van der Waals surface area contributed by atoms with E-state index in [0.29, 0.717) is 36.2 Å². The van der Waals surface area contributed by atoms with Crippen molar-refractivity contribution in [1.29, 1.82) is 5.26 Å². The van der Waals surface area contributed by atoms with Gasteiger partial charge in [-0.1, -0.05) is 12.1 Å². The highest BCUT2D eigenvalue weighted by Gasteiger charge is 2.28. The molecule has 1 aliphatic carbocycles. The van der Waals surface area contributed by atoms with Crippen LogP contribution >= 0.6 is 0 Å². The van der Waals surface area contributed by atoms with Crippen molar-refractivity contribution in [3.05, 3.63) is 72.2 Å². The molecule has 7 heteroatoms. The van der Waals surface area contributed by atoms with E-state index in [4.69, 9.17) is 9.15 Å². The molecule has 2 aromatic heterocycles. The number of carbonyl (C=O) groups is 1. The second-order valence-electron chi connectivity index (χ2n) is 8.37. The second kappa shape index (κ2) is 9.36. The number of ether oxygens (including phenoxy) is 1. The van der Waals surface area contributed by atoms with Crippen LogP contribution in [-0.4, -0.2) is 17.2 Å². The lowest BCUT2D eigenvalue weighted by Gasteiger charge is -2.30. The Bertz CT molecular complexity index is 1340. The molecule has 1 fully saturated rings. The van der Waals surface area contributed by atoms with E-state index < -0.39 is 0 Å². The summed E-state index contributed by atoms with van der Waals surface area (Å²) >= 11 is 0. The molecule has 2 heterocycles. The molecule has 0 unspecified atom stereocenters. The first kappa shape index (κ1) is 21.7. The average molecular weight is 455 g/mol. The number of urea groups is 1. The smallest absolute Gasteiger partial charge is 0.319 e. The fourth-order valence-electron chi connectivity index (χ4n) is 4.44. The molecule has 0 bridgehead atoms. The highest BCUT2D eigenvalue weighted by molar-refractivity contribution is 5.96. The quantitative estimate of drug-likeness (QED) is 0.347. The van der Waals surface area contributed by atoms with Gasteiger partial charge in [0.05, 0.1) is 36.2 Å². The predicted octanol–water partition coefficient (Wildman–Crippen LogP) is 6.22. The lowest BCUT2D eigenvalue weighted by Crippen LogP contribution is -2.27. The average Bonchev–Trinajstić information content (AvgIpc) is 3.44. The van der Waals surface area contributed by atoms with E-state index in [1.165, 1.54) is 6.42 Å². The number of nitrogens with zero attached hydrogens (tertiary/aromatic N) is 2. The zero-order chi connectivity index (χ0) is 23.5. The zero-order valence-electron chi connectivity index (χ0n) is 19.0. The number of carbonyl (C=O) groups excluding carboxylic acids is 1. The van der Waals surface area contributed by atoms with Gasteiger partial charge in [-0.15, -0.1) is 0 Å². The van der Waals surface area contributed by atoms with Crippen molar-refractivity contribution < 1.29 is 13.9 Å². The number of fused-ring (bicyclic) bond motifs is 1. The standard InChI is InChI=1S/C27H26N4O3/c1-2-33-21-12-13-23-24(16-28)26(31(25(23)15-21)20-5-3-6-20)18-8-10-19(11-9-18)30-27(32)29-17-22-7-4-14-34-22/h4,7-15,20H,2-3,5-6,17H2,1H3,(H2,29,30,32). The van der Waals surface area contributed by atoms with E-state index in [1.54, 1.807) is 18.4 Å². The lowest BCUT2D eigenvalue weighted by atomic mass is 9.92. The number of nitriles is 1. The zero-order valence-corrected chi connectivity index (χ0v) is 19.0. The fraction of sp³-hybridized carbons (Fsp3) is 0.259. The van der Waals surface area contributed by atoms with Crippen LogP contribution in [0.4, 0.5) is 10.5 Å². The number of amides is 2.